The Morgan fingerprint density at radius 2 is 1.31 bits per heavy atom. The van der Waals surface area contributed by atoms with Crippen molar-refractivity contribution in [1.29, 1.82) is 0 Å². The Balaban J connectivity index is 1.95. The fourth-order valence-corrected chi connectivity index (χ4v) is 4.65. The molecule has 0 aliphatic heterocycles. The summed E-state index contributed by atoms with van der Waals surface area (Å²) in [6.07, 6.45) is 1.37. The van der Waals surface area contributed by atoms with E-state index in [1.54, 1.807) is 53.4 Å². The number of hydrogen-bond acceptors (Lipinski definition) is 4. The highest BCUT2D eigenvalue weighted by Crippen LogP contribution is 2.30. The molecule has 0 bridgehead atoms. The lowest BCUT2D eigenvalue weighted by atomic mass is 9.89. The first-order valence-corrected chi connectivity index (χ1v) is 13.4. The Morgan fingerprint density at radius 3 is 1.77 bits per heavy atom. The Hall–Kier alpha value is -3.59. The first kappa shape index (κ1) is 30.0. The lowest BCUT2D eigenvalue weighted by molar-refractivity contribution is -0.140. The minimum Gasteiger partial charge on any atom is -0.368 e. The molecule has 206 valence electrons. The summed E-state index contributed by atoms with van der Waals surface area (Å²) in [5.41, 5.74) is 20.0. The van der Waals surface area contributed by atoms with E-state index in [1.165, 1.54) is 0 Å². The zero-order chi connectivity index (χ0) is 28.4. The summed E-state index contributed by atoms with van der Waals surface area (Å²) in [4.78, 5) is 39.5. The third-order valence-corrected chi connectivity index (χ3v) is 6.96. The first-order valence-electron chi connectivity index (χ1n) is 12.6. The highest BCUT2D eigenvalue weighted by atomic mass is 35.5. The number of benzene rings is 3. The van der Waals surface area contributed by atoms with Gasteiger partial charge in [0.15, 0.2) is 0 Å². The van der Waals surface area contributed by atoms with Crippen LogP contribution in [0, 0.1) is 0 Å². The Labute approximate surface area is 238 Å². The lowest BCUT2D eigenvalue weighted by Gasteiger charge is -2.33. The molecule has 0 radical (unpaired) electrons. The molecule has 4 amide bonds. The van der Waals surface area contributed by atoms with Crippen LogP contribution in [0.2, 0.25) is 10.0 Å². The van der Waals surface area contributed by atoms with E-state index in [0.717, 1.165) is 22.3 Å². The second-order valence-electron chi connectivity index (χ2n) is 9.20. The summed E-state index contributed by atoms with van der Waals surface area (Å²) in [6.45, 7) is 0.935. The molecule has 8 nitrogen and oxygen atoms in total. The summed E-state index contributed by atoms with van der Waals surface area (Å²) in [5.74, 6) is -1.56. The third-order valence-electron chi connectivity index (χ3n) is 6.45. The molecule has 0 saturated carbocycles. The summed E-state index contributed by atoms with van der Waals surface area (Å²) in [5, 5.41) is 3.64. The van der Waals surface area contributed by atoms with Crippen molar-refractivity contribution in [3.63, 3.8) is 0 Å². The van der Waals surface area contributed by atoms with Gasteiger partial charge in [0.05, 0.1) is 5.92 Å². The molecular weight excluding hydrogens is 537 g/mol. The number of carbonyl (C=O) groups is 3. The molecule has 7 N–H and O–H groups in total. The van der Waals surface area contributed by atoms with Crippen molar-refractivity contribution in [3.8, 4) is 0 Å². The van der Waals surface area contributed by atoms with E-state index in [0.29, 0.717) is 42.4 Å². The van der Waals surface area contributed by atoms with Crippen LogP contribution in [0.3, 0.4) is 0 Å². The fourth-order valence-electron chi connectivity index (χ4n) is 4.40. The minimum absolute atomic E-state index is 0.258. The van der Waals surface area contributed by atoms with Gasteiger partial charge in [-0.2, -0.15) is 0 Å². The molecule has 1 atom stereocenters. The highest BCUT2D eigenvalue weighted by molar-refractivity contribution is 6.30. The van der Waals surface area contributed by atoms with E-state index in [-0.39, 0.29) is 12.5 Å². The van der Waals surface area contributed by atoms with Crippen LogP contribution in [0.4, 0.5) is 4.79 Å². The Kier molecular flexibility index (Phi) is 11.2. The van der Waals surface area contributed by atoms with Gasteiger partial charge in [0, 0.05) is 23.1 Å². The molecule has 3 aromatic carbocycles. The second-order valence-corrected chi connectivity index (χ2v) is 10.1. The van der Waals surface area contributed by atoms with E-state index in [4.69, 9.17) is 40.4 Å². The lowest BCUT2D eigenvalue weighted by Crippen LogP contribution is -2.50. The van der Waals surface area contributed by atoms with Crippen LogP contribution >= 0.6 is 23.2 Å². The van der Waals surface area contributed by atoms with E-state index in [2.05, 4.69) is 5.32 Å². The Morgan fingerprint density at radius 1 is 0.795 bits per heavy atom. The van der Waals surface area contributed by atoms with E-state index in [1.807, 2.05) is 24.3 Å². The van der Waals surface area contributed by atoms with Gasteiger partial charge in [-0.05, 0) is 72.3 Å². The van der Waals surface area contributed by atoms with Crippen LogP contribution in [0.15, 0.2) is 72.8 Å². The molecule has 39 heavy (non-hydrogen) atoms. The van der Waals surface area contributed by atoms with Crippen LogP contribution < -0.4 is 22.5 Å². The van der Waals surface area contributed by atoms with E-state index < -0.39 is 23.9 Å². The van der Waals surface area contributed by atoms with Crippen molar-refractivity contribution in [3.05, 3.63) is 105 Å². The quantitative estimate of drug-likeness (QED) is 0.247. The van der Waals surface area contributed by atoms with Gasteiger partial charge in [-0.15, -0.1) is 0 Å². The van der Waals surface area contributed by atoms with Crippen molar-refractivity contribution in [2.75, 3.05) is 13.1 Å². The van der Waals surface area contributed by atoms with Crippen LogP contribution in [-0.2, 0) is 22.6 Å². The van der Waals surface area contributed by atoms with Gasteiger partial charge in [0.2, 0.25) is 11.8 Å². The number of urea groups is 1. The number of halogens is 2. The standard InChI is InChI=1S/C29H33Cl2N5O3/c30-23-11-7-21(8-12-23)26(22-9-13-24(31)14-10-22)28(38)36(25(27(33)37)2-1-16-32)17-15-19-3-5-20(6-4-19)18-35-29(34)39/h3-14,25-26H,1-2,15-18,32H2,(H2,33,37)(H3,34,35,39)/t25-/m1/s1. The van der Waals surface area contributed by atoms with Gasteiger partial charge in [0.1, 0.15) is 6.04 Å². The predicted octanol–water partition coefficient (Wildman–Crippen LogP) is 3.96. The molecule has 0 aliphatic rings. The van der Waals surface area contributed by atoms with Crippen molar-refractivity contribution in [2.45, 2.75) is 37.8 Å². The molecule has 0 unspecified atom stereocenters. The zero-order valence-corrected chi connectivity index (χ0v) is 23.0. The summed E-state index contributed by atoms with van der Waals surface area (Å²) < 4.78 is 0. The normalized spacial score (nSPS) is 11.7. The monoisotopic (exact) mass is 569 g/mol. The number of rotatable bonds is 13. The number of nitrogens with one attached hydrogen (secondary N) is 1. The Bertz CT molecular complexity index is 1210. The SMILES string of the molecule is NCCC[C@H](C(N)=O)N(CCc1ccc(CNC(N)=O)cc1)C(=O)C(c1ccc(Cl)cc1)c1ccc(Cl)cc1. The molecule has 0 aliphatic carbocycles. The molecule has 3 aromatic rings. The maximum atomic E-state index is 14.3. The number of nitrogens with zero attached hydrogens (tertiary/aromatic N) is 1. The van der Waals surface area contributed by atoms with Crippen LogP contribution in [0.25, 0.3) is 0 Å². The largest absolute Gasteiger partial charge is 0.368 e. The summed E-state index contributed by atoms with van der Waals surface area (Å²) in [6, 6.07) is 20.3. The minimum atomic E-state index is -0.831. The smallest absolute Gasteiger partial charge is 0.312 e. The van der Waals surface area contributed by atoms with Crippen LogP contribution in [0.5, 0.6) is 0 Å². The van der Waals surface area contributed by atoms with Gasteiger partial charge in [-0.1, -0.05) is 71.7 Å². The maximum Gasteiger partial charge on any atom is 0.312 e. The van der Waals surface area contributed by atoms with E-state index >= 15 is 0 Å². The summed E-state index contributed by atoms with van der Waals surface area (Å²) >= 11 is 12.3. The third kappa shape index (κ3) is 8.71. The average molecular weight is 571 g/mol. The highest BCUT2D eigenvalue weighted by Gasteiger charge is 2.34. The summed E-state index contributed by atoms with van der Waals surface area (Å²) in [7, 11) is 0. The van der Waals surface area contributed by atoms with Gasteiger partial charge >= 0.3 is 6.03 Å². The first-order chi connectivity index (χ1) is 18.7. The molecule has 0 heterocycles. The zero-order valence-electron chi connectivity index (χ0n) is 21.5. The van der Waals surface area contributed by atoms with E-state index in [9.17, 15) is 14.4 Å². The number of nitrogens with two attached hydrogens (primary N) is 3. The molecule has 3 rings (SSSR count). The van der Waals surface area contributed by atoms with Crippen LogP contribution in [0.1, 0.15) is 41.0 Å². The number of carbonyl (C=O) groups excluding carboxylic acids is 3. The van der Waals surface area contributed by atoms with Crippen LogP contribution in [-0.4, -0.2) is 41.9 Å². The number of hydrogen-bond donors (Lipinski definition) is 4. The van der Waals surface area contributed by atoms with Crippen molar-refractivity contribution in [2.24, 2.45) is 17.2 Å². The molecule has 0 spiro atoms. The fraction of sp³-hybridized carbons (Fsp3) is 0.276. The predicted molar refractivity (Wildman–Crippen MR) is 154 cm³/mol. The average Bonchev–Trinajstić information content (AvgIpc) is 2.92. The van der Waals surface area contributed by atoms with Crippen molar-refractivity contribution in [1.82, 2.24) is 10.2 Å². The molecular formula is C29H33Cl2N5O3. The molecule has 0 aromatic heterocycles. The maximum absolute atomic E-state index is 14.3. The van der Waals surface area contributed by atoms with Gasteiger partial charge in [-0.3, -0.25) is 9.59 Å². The van der Waals surface area contributed by atoms with Gasteiger partial charge in [-0.25, -0.2) is 4.79 Å². The van der Waals surface area contributed by atoms with Gasteiger partial charge < -0.3 is 27.4 Å². The molecule has 0 saturated heterocycles. The number of amides is 4. The van der Waals surface area contributed by atoms with Crippen molar-refractivity contribution >= 4 is 41.0 Å². The second kappa shape index (κ2) is 14.5. The number of primary amides is 2. The van der Waals surface area contributed by atoms with Gasteiger partial charge in [0.25, 0.3) is 0 Å². The molecule has 10 heteroatoms. The topological polar surface area (TPSA) is 145 Å². The van der Waals surface area contributed by atoms with Crippen molar-refractivity contribution < 1.29 is 14.4 Å². The molecule has 0 fully saturated rings.